The Bertz CT molecular complexity index is 753. The van der Waals surface area contributed by atoms with Crippen molar-refractivity contribution < 1.29 is 4.79 Å². The molecule has 2 rings (SSSR count). The molecule has 0 saturated carbocycles. The van der Waals surface area contributed by atoms with Crippen LogP contribution in [-0.2, 0) is 0 Å². The third kappa shape index (κ3) is 6.20. The number of halogens is 4. The van der Waals surface area contributed by atoms with Crippen molar-refractivity contribution in [3.05, 3.63) is 65.2 Å². The molecule has 25 heavy (non-hydrogen) atoms. The molecule has 0 radical (unpaired) electrons. The van der Waals surface area contributed by atoms with Gasteiger partial charge in [0, 0.05) is 5.69 Å². The molecular weight excluding hydrogens is 424 g/mol. The van der Waals surface area contributed by atoms with Crippen LogP contribution >= 0.6 is 58.6 Å². The van der Waals surface area contributed by atoms with E-state index in [9.17, 15) is 4.79 Å². The summed E-state index contributed by atoms with van der Waals surface area (Å²) in [4.78, 5) is 12.4. The van der Waals surface area contributed by atoms with Crippen LogP contribution < -0.4 is 16.0 Å². The first-order valence-electron chi connectivity index (χ1n) is 7.02. The molecule has 0 aliphatic heterocycles. The minimum Gasteiger partial charge on any atom is -0.339 e. The van der Waals surface area contributed by atoms with Crippen LogP contribution in [0.5, 0.6) is 0 Å². The average Bonchev–Trinajstić information content (AvgIpc) is 2.54. The van der Waals surface area contributed by atoms with E-state index in [-0.39, 0.29) is 15.7 Å². The number of thiocarbonyl (C=S) groups is 1. The van der Waals surface area contributed by atoms with Crippen LogP contribution in [0.2, 0.25) is 5.02 Å². The number of para-hydroxylation sites is 1. The molecule has 9 heteroatoms. The Kier molecular flexibility index (Phi) is 7.16. The van der Waals surface area contributed by atoms with Gasteiger partial charge >= 0.3 is 0 Å². The van der Waals surface area contributed by atoms with Crippen molar-refractivity contribution in [2.45, 2.75) is 9.96 Å². The third-order valence-corrected chi connectivity index (χ3v) is 4.23. The minimum atomic E-state index is -1.85. The number of carbonyl (C=O) groups excluding carboxylic acids is 1. The molecule has 0 saturated heterocycles. The smallest absolute Gasteiger partial charge is 0.254 e. The van der Waals surface area contributed by atoms with Gasteiger partial charge in [-0.05, 0) is 36.5 Å². The molecule has 1 atom stereocenters. The highest BCUT2D eigenvalue weighted by molar-refractivity contribution is 7.80. The lowest BCUT2D eigenvalue weighted by atomic mass is 10.2. The van der Waals surface area contributed by atoms with Crippen molar-refractivity contribution in [2.24, 2.45) is 0 Å². The van der Waals surface area contributed by atoms with E-state index in [1.165, 1.54) is 0 Å². The number of alkyl halides is 3. The molecule has 0 aliphatic rings. The van der Waals surface area contributed by atoms with Crippen LogP contribution in [0.25, 0.3) is 0 Å². The van der Waals surface area contributed by atoms with E-state index in [1.807, 2.05) is 30.3 Å². The van der Waals surface area contributed by atoms with Gasteiger partial charge in [-0.2, -0.15) is 0 Å². The van der Waals surface area contributed by atoms with E-state index in [0.717, 1.165) is 5.69 Å². The Morgan fingerprint density at radius 3 is 2.16 bits per heavy atom. The number of rotatable bonds is 4. The lowest BCUT2D eigenvalue weighted by molar-refractivity contribution is 0.0934. The summed E-state index contributed by atoms with van der Waals surface area (Å²) in [7, 11) is 0. The standard InChI is InChI=1S/C16H13Cl4N3OS/c17-12-9-5-4-8-11(12)13(24)22-14(16(18,19)20)23-15(25)21-10-6-2-1-3-7-10/h1-9,14H,(H,22,24)(H2,21,23,25)/t14-/m0/s1. The van der Waals surface area contributed by atoms with Gasteiger partial charge in [0.25, 0.3) is 5.91 Å². The fraction of sp³-hybridized carbons (Fsp3) is 0.125. The van der Waals surface area contributed by atoms with E-state index in [1.54, 1.807) is 24.3 Å². The van der Waals surface area contributed by atoms with Gasteiger partial charge < -0.3 is 16.0 Å². The lowest BCUT2D eigenvalue weighted by Crippen LogP contribution is -2.56. The van der Waals surface area contributed by atoms with Crippen molar-refractivity contribution >= 4 is 75.3 Å². The maximum atomic E-state index is 12.4. The van der Waals surface area contributed by atoms with Gasteiger partial charge in [-0.25, -0.2) is 0 Å². The topological polar surface area (TPSA) is 53.2 Å². The van der Waals surface area contributed by atoms with Crippen molar-refractivity contribution in [3.8, 4) is 0 Å². The lowest BCUT2D eigenvalue weighted by Gasteiger charge is -2.28. The van der Waals surface area contributed by atoms with Gasteiger partial charge in [-0.15, -0.1) is 0 Å². The zero-order valence-electron chi connectivity index (χ0n) is 12.6. The van der Waals surface area contributed by atoms with Gasteiger partial charge in [0.1, 0.15) is 6.17 Å². The SMILES string of the molecule is O=C(N[C@@H](NC(=S)Nc1ccccc1)C(Cl)(Cl)Cl)c1ccccc1Cl. The zero-order valence-corrected chi connectivity index (χ0v) is 16.4. The second-order valence-electron chi connectivity index (χ2n) is 4.89. The van der Waals surface area contributed by atoms with Crippen LogP contribution in [0.3, 0.4) is 0 Å². The average molecular weight is 437 g/mol. The molecule has 132 valence electrons. The molecule has 4 nitrogen and oxygen atoms in total. The van der Waals surface area contributed by atoms with Crippen molar-refractivity contribution in [2.75, 3.05) is 5.32 Å². The molecule has 2 aromatic carbocycles. The highest BCUT2D eigenvalue weighted by Gasteiger charge is 2.35. The molecule has 0 spiro atoms. The first-order valence-corrected chi connectivity index (χ1v) is 8.94. The predicted octanol–water partition coefficient (Wildman–Crippen LogP) is 4.75. The Balaban J connectivity index is 2.08. The number of benzene rings is 2. The summed E-state index contributed by atoms with van der Waals surface area (Å²) in [6.07, 6.45) is -1.08. The zero-order chi connectivity index (χ0) is 18.4. The first kappa shape index (κ1) is 20.1. The van der Waals surface area contributed by atoms with E-state index in [2.05, 4.69) is 16.0 Å². The molecule has 0 fully saturated rings. The number of nitrogens with one attached hydrogen (secondary N) is 3. The summed E-state index contributed by atoms with van der Waals surface area (Å²) in [6, 6.07) is 15.7. The normalized spacial score (nSPS) is 12.2. The van der Waals surface area contributed by atoms with Crippen LogP contribution in [0, 0.1) is 0 Å². The fourth-order valence-electron chi connectivity index (χ4n) is 1.87. The summed E-state index contributed by atoms with van der Waals surface area (Å²) in [5.74, 6) is -0.503. The summed E-state index contributed by atoms with van der Waals surface area (Å²) in [5.41, 5.74) is 1.01. The van der Waals surface area contributed by atoms with E-state index < -0.39 is 15.9 Å². The second-order valence-corrected chi connectivity index (χ2v) is 8.08. The predicted molar refractivity (Wildman–Crippen MR) is 109 cm³/mol. The first-order chi connectivity index (χ1) is 11.8. The molecule has 0 aromatic heterocycles. The second kappa shape index (κ2) is 8.92. The van der Waals surface area contributed by atoms with Crippen LogP contribution in [0.15, 0.2) is 54.6 Å². The summed E-state index contributed by atoms with van der Waals surface area (Å²) < 4.78 is -1.85. The van der Waals surface area contributed by atoms with Gasteiger partial charge in [0.05, 0.1) is 10.6 Å². The maximum absolute atomic E-state index is 12.4. The van der Waals surface area contributed by atoms with Crippen molar-refractivity contribution in [3.63, 3.8) is 0 Å². The van der Waals surface area contributed by atoms with E-state index in [4.69, 9.17) is 58.6 Å². The molecule has 1 amide bonds. The summed E-state index contributed by atoms with van der Waals surface area (Å²) >= 11 is 29.1. The monoisotopic (exact) mass is 435 g/mol. The number of carbonyl (C=O) groups is 1. The molecule has 2 aromatic rings. The van der Waals surface area contributed by atoms with Crippen LogP contribution in [-0.4, -0.2) is 21.0 Å². The van der Waals surface area contributed by atoms with E-state index in [0.29, 0.717) is 0 Å². The summed E-state index contributed by atoms with van der Waals surface area (Å²) in [6.45, 7) is 0. The number of hydrogen-bond acceptors (Lipinski definition) is 2. The Morgan fingerprint density at radius 1 is 0.960 bits per heavy atom. The quantitative estimate of drug-likeness (QED) is 0.367. The maximum Gasteiger partial charge on any atom is 0.254 e. The van der Waals surface area contributed by atoms with Gasteiger partial charge in [-0.3, -0.25) is 4.79 Å². The molecule has 0 heterocycles. The van der Waals surface area contributed by atoms with Crippen LogP contribution in [0.4, 0.5) is 5.69 Å². The Hall–Kier alpha value is -1.24. The molecule has 0 unspecified atom stereocenters. The fourth-order valence-corrected chi connectivity index (χ4v) is 2.66. The number of anilines is 1. The molecular formula is C16H13Cl4N3OS. The summed E-state index contributed by atoms with van der Waals surface area (Å²) in [5, 5.41) is 8.75. The third-order valence-electron chi connectivity index (χ3n) is 3.03. The van der Waals surface area contributed by atoms with Crippen molar-refractivity contribution in [1.29, 1.82) is 0 Å². The van der Waals surface area contributed by atoms with E-state index >= 15 is 0 Å². The van der Waals surface area contributed by atoms with Gasteiger partial charge in [0.2, 0.25) is 3.79 Å². The largest absolute Gasteiger partial charge is 0.339 e. The molecule has 0 bridgehead atoms. The highest BCUT2D eigenvalue weighted by atomic mass is 35.6. The van der Waals surface area contributed by atoms with Gasteiger partial charge in [-0.1, -0.05) is 76.7 Å². The minimum absolute atomic E-state index is 0.182. The van der Waals surface area contributed by atoms with Crippen LogP contribution in [0.1, 0.15) is 10.4 Å². The molecule has 0 aliphatic carbocycles. The Labute approximate surface area is 170 Å². The van der Waals surface area contributed by atoms with Crippen molar-refractivity contribution in [1.82, 2.24) is 10.6 Å². The van der Waals surface area contributed by atoms with Gasteiger partial charge in [0.15, 0.2) is 5.11 Å². The number of amides is 1. The highest BCUT2D eigenvalue weighted by Crippen LogP contribution is 2.29. The molecule has 3 N–H and O–H groups in total. The Morgan fingerprint density at radius 2 is 1.56 bits per heavy atom. The number of hydrogen-bond donors (Lipinski definition) is 3.